The third kappa shape index (κ3) is 4.89. The van der Waals surface area contributed by atoms with Crippen LogP contribution in [0.15, 0.2) is 36.7 Å². The van der Waals surface area contributed by atoms with Gasteiger partial charge < -0.3 is 35.2 Å². The highest BCUT2D eigenvalue weighted by Crippen LogP contribution is 2.44. The van der Waals surface area contributed by atoms with Crippen LogP contribution in [0.2, 0.25) is 0 Å². The van der Waals surface area contributed by atoms with E-state index in [-0.39, 0.29) is 36.0 Å². The van der Waals surface area contributed by atoms with Gasteiger partial charge in [0.15, 0.2) is 11.2 Å². The number of fused-ring (bicyclic) bond motifs is 1. The zero-order valence-electron chi connectivity index (χ0n) is 16.6. The van der Waals surface area contributed by atoms with Gasteiger partial charge in [-0.15, -0.1) is 0 Å². The molecule has 1 fully saturated rings. The summed E-state index contributed by atoms with van der Waals surface area (Å²) < 4.78 is 28.8. The molecule has 1 aromatic carbocycles. The number of nitrogens with two attached hydrogens (primary N) is 1. The normalized spacial score (nSPS) is 22.3. The summed E-state index contributed by atoms with van der Waals surface area (Å²) in [5, 5.41) is 19.8. The Balaban J connectivity index is 1.56. The zero-order chi connectivity index (χ0) is 22.9. The minimum Gasteiger partial charge on any atom is -0.473 e. The Hall–Kier alpha value is -2.64. The average Bonchev–Trinajstić information content (AvgIpc) is 3.34. The number of aromatic nitrogens is 4. The third-order valence-electron chi connectivity index (χ3n) is 4.91. The van der Waals surface area contributed by atoms with Crippen LogP contribution in [0.5, 0.6) is 5.88 Å². The molecule has 4 atom stereocenters. The summed E-state index contributed by atoms with van der Waals surface area (Å²) in [4.78, 5) is 30.7. The van der Waals surface area contributed by atoms with Gasteiger partial charge in [0.05, 0.1) is 12.9 Å². The monoisotopic (exact) mass is 467 g/mol. The largest absolute Gasteiger partial charge is 0.473 e. The fourth-order valence-corrected chi connectivity index (χ4v) is 4.04. The van der Waals surface area contributed by atoms with E-state index in [4.69, 9.17) is 29.5 Å². The fourth-order valence-electron chi connectivity index (χ4n) is 3.47. The van der Waals surface area contributed by atoms with Gasteiger partial charge in [0.1, 0.15) is 31.1 Å². The van der Waals surface area contributed by atoms with Crippen molar-refractivity contribution >= 4 is 24.9 Å². The van der Waals surface area contributed by atoms with Gasteiger partial charge in [0, 0.05) is 6.42 Å². The standard InChI is InChI=1S/C18H22N5O8P/c19-18-21-16-15(17(22-18)29-8-11(25)10-4-2-1-3-5-10)20-9-23(16)14-6-12(13(7-24)30-14)31-32(26,27)28/h1-5,9,11-14,24-25H,6-8H2,(H2,19,21,22)(H2,26,27,28)/t11?,12-,13+,14+/m0/s1. The molecule has 172 valence electrons. The number of ether oxygens (including phenoxy) is 2. The number of aliphatic hydroxyl groups excluding tert-OH is 2. The van der Waals surface area contributed by atoms with Crippen LogP contribution >= 0.6 is 7.82 Å². The quantitative estimate of drug-likeness (QED) is 0.284. The highest BCUT2D eigenvalue weighted by atomic mass is 31.2. The molecule has 3 heterocycles. The molecule has 3 aromatic rings. The lowest BCUT2D eigenvalue weighted by Gasteiger charge is -2.16. The highest BCUT2D eigenvalue weighted by Gasteiger charge is 2.41. The zero-order valence-corrected chi connectivity index (χ0v) is 17.5. The number of hydrogen-bond donors (Lipinski definition) is 5. The Bertz CT molecular complexity index is 1120. The van der Waals surface area contributed by atoms with E-state index in [2.05, 4.69) is 15.0 Å². The first-order valence-corrected chi connectivity index (χ1v) is 11.1. The molecule has 0 amide bonds. The van der Waals surface area contributed by atoms with Crippen LogP contribution in [0.25, 0.3) is 11.2 Å². The Morgan fingerprint density at radius 2 is 2.03 bits per heavy atom. The van der Waals surface area contributed by atoms with Crippen LogP contribution in [0, 0.1) is 0 Å². The molecule has 0 radical (unpaired) electrons. The predicted octanol–water partition coefficient (Wildman–Crippen LogP) is 0.279. The van der Waals surface area contributed by atoms with Gasteiger partial charge in [-0.2, -0.15) is 9.97 Å². The molecule has 1 aliphatic rings. The summed E-state index contributed by atoms with van der Waals surface area (Å²) in [5.41, 5.74) is 6.99. The van der Waals surface area contributed by atoms with Crippen LogP contribution in [0.4, 0.5) is 5.95 Å². The van der Waals surface area contributed by atoms with Gasteiger partial charge in [-0.3, -0.25) is 9.09 Å². The lowest BCUT2D eigenvalue weighted by atomic mass is 10.1. The minimum absolute atomic E-state index is 0.0224. The second-order valence-electron chi connectivity index (χ2n) is 7.13. The Morgan fingerprint density at radius 3 is 2.72 bits per heavy atom. The van der Waals surface area contributed by atoms with Gasteiger partial charge in [0.2, 0.25) is 11.8 Å². The van der Waals surface area contributed by atoms with Crippen LogP contribution in [-0.2, 0) is 13.8 Å². The molecule has 1 unspecified atom stereocenters. The molecule has 4 rings (SSSR count). The number of hydrogen-bond acceptors (Lipinski definition) is 10. The van der Waals surface area contributed by atoms with Crippen LogP contribution in [0.3, 0.4) is 0 Å². The second-order valence-corrected chi connectivity index (χ2v) is 8.32. The second kappa shape index (κ2) is 9.08. The number of imidazole rings is 1. The van der Waals surface area contributed by atoms with Crippen molar-refractivity contribution in [3.8, 4) is 5.88 Å². The Labute approximate surface area is 181 Å². The fraction of sp³-hybridized carbons (Fsp3) is 0.389. The molecule has 0 bridgehead atoms. The minimum atomic E-state index is -4.78. The predicted molar refractivity (Wildman–Crippen MR) is 109 cm³/mol. The first-order chi connectivity index (χ1) is 15.2. The molecule has 13 nitrogen and oxygen atoms in total. The van der Waals surface area contributed by atoms with Crippen molar-refractivity contribution in [3.63, 3.8) is 0 Å². The SMILES string of the molecule is Nc1nc(OCC(O)c2ccccc2)c2ncn([C@H]3C[C@H](OP(=O)(O)O)[C@@H](CO)O3)c2n1. The molecular weight excluding hydrogens is 445 g/mol. The van der Waals surface area contributed by atoms with Crippen molar-refractivity contribution in [1.29, 1.82) is 0 Å². The van der Waals surface area contributed by atoms with E-state index < -0.39 is 39.0 Å². The summed E-state index contributed by atoms with van der Waals surface area (Å²) in [6, 6.07) is 8.95. The molecule has 14 heteroatoms. The van der Waals surface area contributed by atoms with Crippen LogP contribution < -0.4 is 10.5 Å². The van der Waals surface area contributed by atoms with Gasteiger partial charge in [-0.05, 0) is 5.56 Å². The molecular formula is C18H22N5O8P. The summed E-state index contributed by atoms with van der Waals surface area (Å²) in [6.07, 6.45) is -2.28. The van der Waals surface area contributed by atoms with E-state index in [9.17, 15) is 14.8 Å². The summed E-state index contributed by atoms with van der Waals surface area (Å²) in [6.45, 7) is -0.607. The number of phosphoric ester groups is 1. The number of anilines is 1. The number of phosphoric acid groups is 1. The van der Waals surface area contributed by atoms with Crippen molar-refractivity contribution in [2.24, 2.45) is 0 Å². The molecule has 1 saturated heterocycles. The molecule has 1 aliphatic heterocycles. The molecule has 2 aromatic heterocycles. The van der Waals surface area contributed by atoms with E-state index >= 15 is 0 Å². The smallest absolute Gasteiger partial charge is 0.469 e. The van der Waals surface area contributed by atoms with Gasteiger partial charge >= 0.3 is 7.82 Å². The third-order valence-corrected chi connectivity index (χ3v) is 5.46. The molecule has 0 spiro atoms. The number of nitrogen functional groups attached to an aromatic ring is 1. The van der Waals surface area contributed by atoms with E-state index in [1.54, 1.807) is 24.3 Å². The maximum atomic E-state index is 11.2. The van der Waals surface area contributed by atoms with Crippen molar-refractivity contribution < 1.29 is 38.6 Å². The summed E-state index contributed by atoms with van der Waals surface area (Å²) >= 11 is 0. The van der Waals surface area contributed by atoms with Crippen molar-refractivity contribution in [2.75, 3.05) is 18.9 Å². The van der Waals surface area contributed by atoms with Crippen molar-refractivity contribution in [1.82, 2.24) is 19.5 Å². The number of rotatable bonds is 8. The van der Waals surface area contributed by atoms with Gasteiger partial charge in [-0.1, -0.05) is 30.3 Å². The average molecular weight is 467 g/mol. The van der Waals surface area contributed by atoms with Crippen LogP contribution in [0.1, 0.15) is 24.3 Å². The van der Waals surface area contributed by atoms with Crippen molar-refractivity contribution in [2.45, 2.75) is 31.0 Å². The van der Waals surface area contributed by atoms with E-state index in [1.165, 1.54) is 10.9 Å². The first kappa shape index (κ1) is 22.6. The Kier molecular flexibility index (Phi) is 6.40. The number of benzene rings is 1. The summed E-state index contributed by atoms with van der Waals surface area (Å²) in [7, 11) is -4.78. The van der Waals surface area contributed by atoms with Crippen LogP contribution in [-0.4, -0.2) is 64.9 Å². The molecule has 0 saturated carbocycles. The molecule has 0 aliphatic carbocycles. The lowest BCUT2D eigenvalue weighted by molar-refractivity contribution is -0.0425. The van der Waals surface area contributed by atoms with E-state index in [0.29, 0.717) is 5.56 Å². The topological polar surface area (TPSA) is 195 Å². The van der Waals surface area contributed by atoms with Crippen molar-refractivity contribution in [3.05, 3.63) is 42.2 Å². The summed E-state index contributed by atoms with van der Waals surface area (Å²) in [5.74, 6) is -0.0517. The maximum Gasteiger partial charge on any atom is 0.469 e. The van der Waals surface area contributed by atoms with E-state index in [1.807, 2.05) is 6.07 Å². The number of aliphatic hydroxyl groups is 2. The molecule has 32 heavy (non-hydrogen) atoms. The maximum absolute atomic E-state index is 11.2. The van der Waals surface area contributed by atoms with Gasteiger partial charge in [0.25, 0.3) is 0 Å². The first-order valence-electron chi connectivity index (χ1n) is 9.61. The molecule has 6 N–H and O–H groups in total. The number of nitrogens with zero attached hydrogens (tertiary/aromatic N) is 4. The Morgan fingerprint density at radius 1 is 1.28 bits per heavy atom. The lowest BCUT2D eigenvalue weighted by Crippen LogP contribution is -2.26. The van der Waals surface area contributed by atoms with Gasteiger partial charge in [-0.25, -0.2) is 9.55 Å². The van der Waals surface area contributed by atoms with E-state index in [0.717, 1.165) is 0 Å². The highest BCUT2D eigenvalue weighted by molar-refractivity contribution is 7.46.